The van der Waals surface area contributed by atoms with Crippen LogP contribution in [-0.2, 0) is 6.61 Å². The molecule has 0 amide bonds. The number of hydrogen-bond acceptors (Lipinski definition) is 4. The minimum absolute atomic E-state index is 0.135. The summed E-state index contributed by atoms with van der Waals surface area (Å²) in [7, 11) is 1.57. The van der Waals surface area contributed by atoms with Gasteiger partial charge >= 0.3 is 0 Å². The molecular formula is C22H20N2O3S. The highest BCUT2D eigenvalue weighted by molar-refractivity contribution is 7.81. The first-order valence-corrected chi connectivity index (χ1v) is 9.06. The first-order valence-electron chi connectivity index (χ1n) is 8.66. The van der Waals surface area contributed by atoms with E-state index in [2.05, 4.69) is 5.32 Å². The molecule has 0 bridgehead atoms. The minimum Gasteiger partial charge on any atom is -0.867 e. The maximum atomic E-state index is 13.3. The zero-order chi connectivity index (χ0) is 19.9. The molecule has 0 fully saturated rings. The number of nitrogens with zero attached hydrogens (tertiary/aromatic N) is 1. The smallest absolute Gasteiger partial charge is 0.238 e. The number of nitrogens with one attached hydrogen (secondary N) is 1. The van der Waals surface area contributed by atoms with Crippen LogP contribution in [0.4, 0.5) is 5.69 Å². The molecule has 5 nitrogen and oxygen atoms in total. The number of aliphatic hydroxyl groups is 1. The summed E-state index contributed by atoms with van der Waals surface area (Å²) >= 11 is 5.57. The van der Waals surface area contributed by atoms with Crippen molar-refractivity contribution in [2.24, 2.45) is 0 Å². The summed E-state index contributed by atoms with van der Waals surface area (Å²) in [5, 5.41) is 25.9. The van der Waals surface area contributed by atoms with Crippen molar-refractivity contribution in [1.29, 1.82) is 0 Å². The summed E-state index contributed by atoms with van der Waals surface area (Å²) in [5.41, 5.74) is 2.23. The fraction of sp³-hybridized carbons (Fsp3) is 0.0909. The largest absolute Gasteiger partial charge is 0.867 e. The summed E-state index contributed by atoms with van der Waals surface area (Å²) in [4.78, 5) is 0.284. The van der Waals surface area contributed by atoms with E-state index in [1.807, 2.05) is 30.3 Å². The zero-order valence-corrected chi connectivity index (χ0v) is 16.1. The van der Waals surface area contributed by atoms with Crippen molar-refractivity contribution in [3.8, 4) is 5.75 Å². The van der Waals surface area contributed by atoms with Gasteiger partial charge in [-0.05, 0) is 41.7 Å². The van der Waals surface area contributed by atoms with Gasteiger partial charge in [0.2, 0.25) is 5.70 Å². The van der Waals surface area contributed by atoms with E-state index in [0.717, 1.165) is 5.69 Å². The molecule has 6 heteroatoms. The van der Waals surface area contributed by atoms with E-state index in [1.54, 1.807) is 60.5 Å². The summed E-state index contributed by atoms with van der Waals surface area (Å²) in [6, 6.07) is 19.8. The van der Waals surface area contributed by atoms with E-state index in [-0.39, 0.29) is 17.4 Å². The quantitative estimate of drug-likeness (QED) is 0.292. The van der Waals surface area contributed by atoms with Crippen LogP contribution in [0.3, 0.4) is 0 Å². The van der Waals surface area contributed by atoms with Crippen LogP contribution in [0.2, 0.25) is 0 Å². The molecule has 0 aliphatic rings. The van der Waals surface area contributed by atoms with Crippen LogP contribution in [0.5, 0.6) is 5.75 Å². The molecule has 3 aromatic rings. The number of benzene rings is 2. The molecular weight excluding hydrogens is 372 g/mol. The van der Waals surface area contributed by atoms with Crippen molar-refractivity contribution < 1.29 is 19.5 Å². The Balaban J connectivity index is 2.07. The molecule has 1 aromatic heterocycles. The SMILES string of the molecule is COc1ccc(/C([O-])=C(\C(=S)Nc2ccccc2)[n+]2cccc(CO)c2)cc1. The minimum atomic E-state index is -0.240. The molecule has 2 aromatic carbocycles. The Kier molecular flexibility index (Phi) is 6.37. The fourth-order valence-corrected chi connectivity index (χ4v) is 3.00. The standard InChI is InChI=1S/C22H20N2O3S/c1-27-19-11-9-17(10-12-19)21(26)20(24-13-5-6-16(14-24)15-25)22(28)23-18-7-3-2-4-8-18/h2-14,25H,15H2,1H3,(H-,23,26,28). The van der Waals surface area contributed by atoms with Crippen molar-refractivity contribution in [3.05, 3.63) is 90.3 Å². The molecule has 1 heterocycles. The van der Waals surface area contributed by atoms with Gasteiger partial charge in [0, 0.05) is 17.3 Å². The van der Waals surface area contributed by atoms with Gasteiger partial charge in [-0.3, -0.25) is 0 Å². The Morgan fingerprint density at radius 3 is 2.43 bits per heavy atom. The van der Waals surface area contributed by atoms with Gasteiger partial charge in [-0.1, -0.05) is 42.5 Å². The predicted molar refractivity (Wildman–Crippen MR) is 111 cm³/mol. The lowest BCUT2D eigenvalue weighted by Gasteiger charge is -2.17. The van der Waals surface area contributed by atoms with Crippen LogP contribution in [0.25, 0.3) is 11.5 Å². The molecule has 2 N–H and O–H groups in total. The van der Waals surface area contributed by atoms with E-state index < -0.39 is 0 Å². The van der Waals surface area contributed by atoms with Crippen LogP contribution in [0.1, 0.15) is 11.1 Å². The second-order valence-corrected chi connectivity index (χ2v) is 6.41. The molecule has 0 aliphatic heterocycles. The normalized spacial score (nSPS) is 11.5. The van der Waals surface area contributed by atoms with E-state index in [0.29, 0.717) is 22.6 Å². The van der Waals surface area contributed by atoms with Crippen molar-refractivity contribution >= 4 is 34.3 Å². The second kappa shape index (κ2) is 9.12. The maximum Gasteiger partial charge on any atom is 0.238 e. The van der Waals surface area contributed by atoms with Crippen molar-refractivity contribution in [2.75, 3.05) is 12.4 Å². The first kappa shape index (κ1) is 19.5. The lowest BCUT2D eigenvalue weighted by molar-refractivity contribution is -0.578. The van der Waals surface area contributed by atoms with E-state index in [4.69, 9.17) is 17.0 Å². The average Bonchev–Trinajstić information content (AvgIpc) is 2.74. The molecule has 0 aliphatic carbocycles. The van der Waals surface area contributed by atoms with E-state index in [9.17, 15) is 10.2 Å². The Bertz CT molecular complexity index is 986. The predicted octanol–water partition coefficient (Wildman–Crippen LogP) is 2.60. The van der Waals surface area contributed by atoms with Crippen LogP contribution in [0, 0.1) is 0 Å². The summed E-state index contributed by atoms with van der Waals surface area (Å²) < 4.78 is 6.80. The number of ether oxygens (including phenoxy) is 1. The number of pyridine rings is 1. The third-order valence-corrected chi connectivity index (χ3v) is 4.41. The molecule has 0 saturated heterocycles. The molecule has 3 rings (SSSR count). The molecule has 0 atom stereocenters. The highest BCUT2D eigenvalue weighted by Crippen LogP contribution is 2.20. The maximum absolute atomic E-state index is 13.3. The van der Waals surface area contributed by atoms with Gasteiger partial charge < -0.3 is 20.3 Å². The number of rotatable bonds is 6. The van der Waals surface area contributed by atoms with Crippen molar-refractivity contribution in [1.82, 2.24) is 0 Å². The topological polar surface area (TPSA) is 68.4 Å². The third kappa shape index (κ3) is 4.54. The number of hydrogen-bond donors (Lipinski definition) is 2. The molecule has 0 spiro atoms. The summed E-state index contributed by atoms with van der Waals surface area (Å²) in [5.74, 6) is 0.425. The number of thiocarbonyl (C=S) groups is 1. The van der Waals surface area contributed by atoms with Crippen LogP contribution in [-0.4, -0.2) is 17.2 Å². The average molecular weight is 392 g/mol. The fourth-order valence-electron chi connectivity index (χ4n) is 2.69. The lowest BCUT2D eigenvalue weighted by atomic mass is 10.1. The van der Waals surface area contributed by atoms with Gasteiger partial charge in [-0.15, -0.1) is 0 Å². The second-order valence-electron chi connectivity index (χ2n) is 6.00. The van der Waals surface area contributed by atoms with E-state index >= 15 is 0 Å². The summed E-state index contributed by atoms with van der Waals surface area (Å²) in [6.07, 6.45) is 3.42. The van der Waals surface area contributed by atoms with E-state index in [1.165, 1.54) is 0 Å². The van der Waals surface area contributed by atoms with Gasteiger partial charge in [-0.25, -0.2) is 0 Å². The molecule has 28 heavy (non-hydrogen) atoms. The number of aromatic nitrogens is 1. The van der Waals surface area contributed by atoms with Gasteiger partial charge in [0.15, 0.2) is 17.4 Å². The Hall–Kier alpha value is -3.22. The molecule has 0 unspecified atom stereocenters. The Morgan fingerprint density at radius 2 is 1.79 bits per heavy atom. The molecule has 0 radical (unpaired) electrons. The van der Waals surface area contributed by atoms with Gasteiger partial charge in [-0.2, -0.15) is 4.57 Å². The number of para-hydroxylation sites is 1. The highest BCUT2D eigenvalue weighted by atomic mass is 32.1. The third-order valence-electron chi connectivity index (χ3n) is 4.12. The van der Waals surface area contributed by atoms with Crippen molar-refractivity contribution in [2.45, 2.75) is 6.61 Å². The summed E-state index contributed by atoms with van der Waals surface area (Å²) in [6.45, 7) is -0.135. The molecule has 142 valence electrons. The van der Waals surface area contributed by atoms with Gasteiger partial charge in [0.1, 0.15) is 5.75 Å². The highest BCUT2D eigenvalue weighted by Gasteiger charge is 2.19. The molecule has 0 saturated carbocycles. The van der Waals surface area contributed by atoms with Crippen LogP contribution >= 0.6 is 12.2 Å². The lowest BCUT2D eigenvalue weighted by Crippen LogP contribution is -2.40. The van der Waals surface area contributed by atoms with Crippen LogP contribution < -0.4 is 19.7 Å². The zero-order valence-electron chi connectivity index (χ0n) is 15.3. The number of aliphatic hydroxyl groups excluding tert-OH is 1. The number of anilines is 1. The number of methoxy groups -OCH3 is 1. The Labute approximate surface area is 169 Å². The van der Waals surface area contributed by atoms with Gasteiger partial charge in [0.05, 0.1) is 13.7 Å². The monoisotopic (exact) mass is 392 g/mol. The first-order chi connectivity index (χ1) is 13.6. The van der Waals surface area contributed by atoms with Crippen molar-refractivity contribution in [3.63, 3.8) is 0 Å². The van der Waals surface area contributed by atoms with Gasteiger partial charge in [0.25, 0.3) is 0 Å². The Morgan fingerprint density at radius 1 is 1.07 bits per heavy atom. The van der Waals surface area contributed by atoms with Crippen LogP contribution in [0.15, 0.2) is 79.1 Å².